The molecule has 0 radical (unpaired) electrons. The molecule has 80 valence electrons. The first-order valence-electron chi connectivity index (χ1n) is 4.67. The van der Waals surface area contributed by atoms with Crippen LogP contribution in [0.5, 0.6) is 0 Å². The summed E-state index contributed by atoms with van der Waals surface area (Å²) in [4.78, 5) is 23.0. The van der Waals surface area contributed by atoms with Gasteiger partial charge in [0.25, 0.3) is 0 Å². The predicted octanol–water partition coefficient (Wildman–Crippen LogP) is 0.995. The van der Waals surface area contributed by atoms with Crippen LogP contribution in [0.4, 0.5) is 0 Å². The second kappa shape index (κ2) is 3.59. The van der Waals surface area contributed by atoms with Gasteiger partial charge >= 0.3 is 11.9 Å². The van der Waals surface area contributed by atoms with E-state index in [1.165, 1.54) is 14.2 Å². The third-order valence-electron chi connectivity index (χ3n) is 2.92. The van der Waals surface area contributed by atoms with Crippen molar-refractivity contribution in [2.75, 3.05) is 14.2 Å². The summed E-state index contributed by atoms with van der Waals surface area (Å²) in [5.41, 5.74) is -1.02. The van der Waals surface area contributed by atoms with Crippen LogP contribution in [0.3, 0.4) is 0 Å². The molecule has 1 unspecified atom stereocenters. The van der Waals surface area contributed by atoms with Crippen LogP contribution < -0.4 is 0 Å². The minimum atomic E-state index is -1.02. The fourth-order valence-corrected chi connectivity index (χ4v) is 2.01. The highest BCUT2D eigenvalue weighted by Crippen LogP contribution is 2.57. The molecule has 0 bridgehead atoms. The summed E-state index contributed by atoms with van der Waals surface area (Å²) >= 11 is 0. The van der Waals surface area contributed by atoms with E-state index in [2.05, 4.69) is 9.47 Å². The van der Waals surface area contributed by atoms with Gasteiger partial charge < -0.3 is 9.47 Å². The number of carbonyl (C=O) groups is 2. The Morgan fingerprint density at radius 1 is 1.21 bits per heavy atom. The number of rotatable bonds is 3. The molecule has 0 spiro atoms. The first-order chi connectivity index (χ1) is 6.50. The highest BCUT2D eigenvalue weighted by atomic mass is 16.5. The van der Waals surface area contributed by atoms with Crippen molar-refractivity contribution in [3.8, 4) is 0 Å². The Labute approximate surface area is 83.6 Å². The van der Waals surface area contributed by atoms with E-state index in [0.29, 0.717) is 6.42 Å². The summed E-state index contributed by atoms with van der Waals surface area (Å²) in [5.74, 6) is -0.596. The zero-order valence-electron chi connectivity index (χ0n) is 8.99. The number of carbonyl (C=O) groups excluding carboxylic acids is 2. The van der Waals surface area contributed by atoms with Gasteiger partial charge in [0.05, 0.1) is 14.2 Å². The Morgan fingerprint density at radius 2 is 1.64 bits per heavy atom. The van der Waals surface area contributed by atoms with Crippen LogP contribution >= 0.6 is 0 Å². The lowest BCUT2D eigenvalue weighted by Crippen LogP contribution is -2.31. The number of hydrogen-bond acceptors (Lipinski definition) is 4. The maximum absolute atomic E-state index is 11.5. The average Bonchev–Trinajstić information content (AvgIpc) is 2.91. The second-order valence-electron chi connectivity index (χ2n) is 4.01. The van der Waals surface area contributed by atoms with Crippen LogP contribution in [0.15, 0.2) is 0 Å². The summed E-state index contributed by atoms with van der Waals surface area (Å²) < 4.78 is 9.28. The normalized spacial score (nSPS) is 23.1. The molecule has 1 aliphatic rings. The molecule has 0 heterocycles. The van der Waals surface area contributed by atoms with Gasteiger partial charge in [-0.1, -0.05) is 13.8 Å². The summed E-state index contributed by atoms with van der Waals surface area (Å²) in [6, 6.07) is 0. The van der Waals surface area contributed by atoms with E-state index >= 15 is 0 Å². The van der Waals surface area contributed by atoms with Crippen LogP contribution in [0, 0.1) is 17.3 Å². The molecule has 1 saturated carbocycles. The highest BCUT2D eigenvalue weighted by Gasteiger charge is 2.68. The summed E-state index contributed by atoms with van der Waals surface area (Å²) in [5, 5.41) is 0. The number of hydrogen-bond donors (Lipinski definition) is 0. The van der Waals surface area contributed by atoms with Crippen molar-refractivity contribution >= 4 is 11.9 Å². The van der Waals surface area contributed by atoms with E-state index in [1.54, 1.807) is 0 Å². The standard InChI is InChI=1S/C10H16O4/c1-6(2)7-5-10(7,8(11)13-3)9(12)14-4/h6-7H,5H2,1-4H3. The molecule has 0 aromatic heterocycles. The molecule has 0 aromatic carbocycles. The van der Waals surface area contributed by atoms with Crippen molar-refractivity contribution in [3.05, 3.63) is 0 Å². The Bertz CT molecular complexity index is 241. The molecule has 1 rings (SSSR count). The van der Waals surface area contributed by atoms with E-state index in [4.69, 9.17) is 0 Å². The SMILES string of the molecule is COC(=O)C1(C(=O)OC)CC1C(C)C. The summed E-state index contributed by atoms with van der Waals surface area (Å²) in [7, 11) is 2.59. The van der Waals surface area contributed by atoms with E-state index in [9.17, 15) is 9.59 Å². The van der Waals surface area contributed by atoms with Crippen molar-refractivity contribution in [3.63, 3.8) is 0 Å². The third-order valence-corrected chi connectivity index (χ3v) is 2.92. The Morgan fingerprint density at radius 3 is 1.86 bits per heavy atom. The van der Waals surface area contributed by atoms with E-state index in [-0.39, 0.29) is 11.8 Å². The van der Waals surface area contributed by atoms with Crippen LogP contribution in [0.25, 0.3) is 0 Å². The van der Waals surface area contributed by atoms with Gasteiger partial charge in [0.15, 0.2) is 5.41 Å². The second-order valence-corrected chi connectivity index (χ2v) is 4.01. The lowest BCUT2D eigenvalue weighted by molar-refractivity contribution is -0.162. The predicted molar refractivity (Wildman–Crippen MR) is 49.4 cm³/mol. The molecule has 0 amide bonds. The van der Waals surface area contributed by atoms with Crippen molar-refractivity contribution in [1.29, 1.82) is 0 Å². The Kier molecular flexibility index (Phi) is 2.83. The number of ether oxygens (including phenoxy) is 2. The molecule has 1 atom stereocenters. The molecule has 1 aliphatic carbocycles. The van der Waals surface area contributed by atoms with E-state index in [0.717, 1.165) is 0 Å². The van der Waals surface area contributed by atoms with Gasteiger partial charge in [-0.25, -0.2) is 0 Å². The molecule has 4 heteroatoms. The highest BCUT2D eigenvalue weighted by molar-refractivity contribution is 6.03. The van der Waals surface area contributed by atoms with E-state index < -0.39 is 17.4 Å². The smallest absolute Gasteiger partial charge is 0.323 e. The minimum Gasteiger partial charge on any atom is -0.468 e. The molecule has 14 heavy (non-hydrogen) atoms. The lowest BCUT2D eigenvalue weighted by Gasteiger charge is -2.13. The zero-order chi connectivity index (χ0) is 10.9. The van der Waals surface area contributed by atoms with Gasteiger partial charge in [0, 0.05) is 0 Å². The summed E-state index contributed by atoms with van der Waals surface area (Å²) in [6.45, 7) is 3.97. The minimum absolute atomic E-state index is 0.0578. The third kappa shape index (κ3) is 1.38. The van der Waals surface area contributed by atoms with Gasteiger partial charge in [-0.05, 0) is 18.3 Å². The number of esters is 2. The van der Waals surface area contributed by atoms with Crippen molar-refractivity contribution in [1.82, 2.24) is 0 Å². The first kappa shape index (κ1) is 11.0. The van der Waals surface area contributed by atoms with Crippen LogP contribution in [-0.2, 0) is 19.1 Å². The van der Waals surface area contributed by atoms with Gasteiger partial charge in [0.1, 0.15) is 0 Å². The lowest BCUT2D eigenvalue weighted by atomic mass is 9.97. The van der Waals surface area contributed by atoms with E-state index in [1.807, 2.05) is 13.8 Å². The summed E-state index contributed by atoms with van der Waals surface area (Å²) in [6.07, 6.45) is 0.546. The van der Waals surface area contributed by atoms with Gasteiger partial charge in [-0.15, -0.1) is 0 Å². The van der Waals surface area contributed by atoms with Crippen molar-refractivity contribution < 1.29 is 19.1 Å². The molecular formula is C10H16O4. The van der Waals surface area contributed by atoms with Crippen LogP contribution in [-0.4, -0.2) is 26.2 Å². The number of methoxy groups -OCH3 is 2. The topological polar surface area (TPSA) is 52.6 Å². The Balaban J connectivity index is 2.86. The molecule has 0 aromatic rings. The largest absolute Gasteiger partial charge is 0.468 e. The van der Waals surface area contributed by atoms with Crippen molar-refractivity contribution in [2.24, 2.45) is 17.3 Å². The fourth-order valence-electron chi connectivity index (χ4n) is 2.01. The first-order valence-corrected chi connectivity index (χ1v) is 4.67. The quantitative estimate of drug-likeness (QED) is 0.503. The average molecular weight is 200 g/mol. The van der Waals surface area contributed by atoms with Crippen LogP contribution in [0.1, 0.15) is 20.3 Å². The van der Waals surface area contributed by atoms with Gasteiger partial charge in [-0.2, -0.15) is 0 Å². The van der Waals surface area contributed by atoms with Crippen molar-refractivity contribution in [2.45, 2.75) is 20.3 Å². The monoisotopic (exact) mass is 200 g/mol. The Hall–Kier alpha value is -1.06. The fraction of sp³-hybridized carbons (Fsp3) is 0.800. The molecule has 4 nitrogen and oxygen atoms in total. The molecular weight excluding hydrogens is 184 g/mol. The van der Waals surface area contributed by atoms with Gasteiger partial charge in [-0.3, -0.25) is 9.59 Å². The molecule has 1 fully saturated rings. The molecule has 0 aliphatic heterocycles. The molecule has 0 N–H and O–H groups in total. The van der Waals surface area contributed by atoms with Gasteiger partial charge in [0.2, 0.25) is 0 Å². The maximum Gasteiger partial charge on any atom is 0.323 e. The maximum atomic E-state index is 11.5. The molecule has 0 saturated heterocycles. The van der Waals surface area contributed by atoms with Crippen LogP contribution in [0.2, 0.25) is 0 Å². The zero-order valence-corrected chi connectivity index (χ0v) is 8.99.